The van der Waals surface area contributed by atoms with E-state index in [4.69, 9.17) is 0 Å². The highest BCUT2D eigenvalue weighted by Crippen LogP contribution is 1.93. The normalized spacial score (nSPS) is 9.82. The highest BCUT2D eigenvalue weighted by Gasteiger charge is 1.78. The van der Waals surface area contributed by atoms with Crippen molar-refractivity contribution in [2.24, 2.45) is 0 Å². The predicted molar refractivity (Wildman–Crippen MR) is 46.4 cm³/mol. The van der Waals surface area contributed by atoms with Gasteiger partial charge in [0.25, 0.3) is 0 Å². The fourth-order valence-corrected chi connectivity index (χ4v) is 1.53. The summed E-state index contributed by atoms with van der Waals surface area (Å²) in [5, 5.41) is 2.04. The summed E-state index contributed by atoms with van der Waals surface area (Å²) in [5.74, 6) is 0. The Morgan fingerprint density at radius 3 is 2.45 bits per heavy atom. The third kappa shape index (κ3) is 1.28. The second-order valence-corrected chi connectivity index (χ2v) is 3.00. The van der Waals surface area contributed by atoms with E-state index < -0.39 is 0 Å². The van der Waals surface area contributed by atoms with Gasteiger partial charge in [-0.05, 0) is 35.8 Å². The maximum absolute atomic E-state index is 2.04. The zero-order chi connectivity index (χ0) is 7.52. The first-order valence-electron chi connectivity index (χ1n) is 3.39. The SMILES string of the molecule is c1ccn2ccccn2sc1. The average molecular weight is 164 g/mol. The molecule has 2 rings (SSSR count). The Morgan fingerprint density at radius 1 is 0.818 bits per heavy atom. The Morgan fingerprint density at radius 2 is 1.55 bits per heavy atom. The Hall–Kier alpha value is -1.22. The first-order valence-corrected chi connectivity index (χ1v) is 4.23. The van der Waals surface area contributed by atoms with Crippen molar-refractivity contribution >= 4 is 11.5 Å². The molecule has 0 unspecified atom stereocenters. The minimum Gasteiger partial charge on any atom is -0.255 e. The molecule has 0 atom stereocenters. The Balaban J connectivity index is 2.90. The molecule has 0 N–H and O–H groups in total. The van der Waals surface area contributed by atoms with Crippen molar-refractivity contribution in [3.05, 3.63) is 48.2 Å². The van der Waals surface area contributed by atoms with Gasteiger partial charge in [0.2, 0.25) is 0 Å². The van der Waals surface area contributed by atoms with Gasteiger partial charge >= 0.3 is 0 Å². The van der Waals surface area contributed by atoms with Gasteiger partial charge in [0.05, 0.1) is 0 Å². The van der Waals surface area contributed by atoms with Crippen molar-refractivity contribution in [1.29, 1.82) is 0 Å². The molecule has 0 spiro atoms. The van der Waals surface area contributed by atoms with Crippen LogP contribution in [-0.2, 0) is 0 Å². The van der Waals surface area contributed by atoms with E-state index in [1.54, 1.807) is 11.5 Å². The summed E-state index contributed by atoms with van der Waals surface area (Å²) in [6, 6.07) is 8.05. The van der Waals surface area contributed by atoms with Gasteiger partial charge in [-0.1, -0.05) is 0 Å². The van der Waals surface area contributed by atoms with Crippen LogP contribution in [0.4, 0.5) is 0 Å². The van der Waals surface area contributed by atoms with E-state index in [0.717, 1.165) is 0 Å². The van der Waals surface area contributed by atoms with Crippen LogP contribution in [0, 0.1) is 0 Å². The summed E-state index contributed by atoms with van der Waals surface area (Å²) in [6.07, 6.45) is 6.04. The monoisotopic (exact) mass is 164 g/mol. The summed E-state index contributed by atoms with van der Waals surface area (Å²) in [6.45, 7) is 0. The van der Waals surface area contributed by atoms with Crippen molar-refractivity contribution in [2.75, 3.05) is 0 Å². The zero-order valence-electron chi connectivity index (χ0n) is 5.92. The maximum Gasteiger partial charge on any atom is 0.0389 e. The van der Waals surface area contributed by atoms with Crippen LogP contribution in [0.5, 0.6) is 0 Å². The molecule has 0 aromatic carbocycles. The topological polar surface area (TPSA) is 8.82 Å². The lowest BCUT2D eigenvalue weighted by atomic mass is 10.6. The van der Waals surface area contributed by atoms with Gasteiger partial charge < -0.3 is 0 Å². The molecule has 3 heteroatoms. The standard InChI is InChI=1S/C8H8N2S/c1-2-7-10-9(5-1)6-3-4-8-11-10/h1-8H. The van der Waals surface area contributed by atoms with Gasteiger partial charge in [0, 0.05) is 24.0 Å². The average Bonchev–Trinajstić information content (AvgIpc) is 2.28. The highest BCUT2D eigenvalue weighted by atomic mass is 32.1. The van der Waals surface area contributed by atoms with Crippen LogP contribution in [-0.4, -0.2) is 8.42 Å². The van der Waals surface area contributed by atoms with Crippen LogP contribution in [0.2, 0.25) is 0 Å². The second kappa shape index (κ2) is 2.80. The molecule has 11 heavy (non-hydrogen) atoms. The van der Waals surface area contributed by atoms with E-state index in [2.05, 4.69) is 0 Å². The lowest BCUT2D eigenvalue weighted by molar-refractivity contribution is 0.854. The molecule has 0 fully saturated rings. The lowest BCUT2D eigenvalue weighted by Crippen LogP contribution is -1.91. The van der Waals surface area contributed by atoms with E-state index in [9.17, 15) is 0 Å². The van der Waals surface area contributed by atoms with E-state index in [1.807, 2.05) is 56.7 Å². The van der Waals surface area contributed by atoms with Crippen LogP contribution in [0.3, 0.4) is 0 Å². The van der Waals surface area contributed by atoms with E-state index >= 15 is 0 Å². The van der Waals surface area contributed by atoms with Gasteiger partial charge in [-0.2, -0.15) is 0 Å². The van der Waals surface area contributed by atoms with Crippen LogP contribution in [0.25, 0.3) is 0 Å². The summed E-state index contributed by atoms with van der Waals surface area (Å²) in [4.78, 5) is 0. The number of aromatic nitrogens is 2. The first kappa shape index (κ1) is 6.49. The van der Waals surface area contributed by atoms with Crippen molar-refractivity contribution in [1.82, 2.24) is 8.42 Å². The second-order valence-electron chi connectivity index (χ2n) is 2.14. The molecule has 0 bridgehead atoms. The summed E-state index contributed by atoms with van der Waals surface area (Å²) in [5.41, 5.74) is 0. The van der Waals surface area contributed by atoms with E-state index in [1.165, 1.54) is 0 Å². The summed E-state index contributed by atoms with van der Waals surface area (Å²) >= 11 is 1.65. The number of hydrogen-bond acceptors (Lipinski definition) is 1. The third-order valence-corrected chi connectivity index (χ3v) is 2.19. The fraction of sp³-hybridized carbons (Fsp3) is 0. The van der Waals surface area contributed by atoms with Crippen LogP contribution in [0.15, 0.2) is 48.2 Å². The van der Waals surface area contributed by atoms with Gasteiger partial charge in [0.1, 0.15) is 0 Å². The van der Waals surface area contributed by atoms with E-state index in [-0.39, 0.29) is 0 Å². The van der Waals surface area contributed by atoms with Crippen LogP contribution in [0.1, 0.15) is 0 Å². The van der Waals surface area contributed by atoms with Crippen molar-refractivity contribution in [3.8, 4) is 0 Å². The van der Waals surface area contributed by atoms with Gasteiger partial charge in [-0.25, -0.2) is 3.90 Å². The molecule has 2 nitrogen and oxygen atoms in total. The molecule has 0 saturated carbocycles. The Kier molecular flexibility index (Phi) is 1.65. The Labute approximate surface area is 68.8 Å². The molecule has 2 heterocycles. The molecule has 0 aliphatic rings. The van der Waals surface area contributed by atoms with Crippen molar-refractivity contribution in [3.63, 3.8) is 0 Å². The molecule has 0 aliphatic heterocycles. The van der Waals surface area contributed by atoms with Crippen LogP contribution < -0.4 is 0 Å². The molecule has 56 valence electrons. The number of hydrogen-bond donors (Lipinski definition) is 0. The van der Waals surface area contributed by atoms with Crippen LogP contribution >= 0.6 is 11.5 Å². The van der Waals surface area contributed by atoms with Crippen molar-refractivity contribution in [2.45, 2.75) is 0 Å². The molecule has 2 aromatic rings. The first-order chi connectivity index (χ1) is 5.47. The van der Waals surface area contributed by atoms with Gasteiger partial charge in [-0.3, -0.25) is 4.52 Å². The Bertz CT molecular complexity index is 346. The summed E-state index contributed by atoms with van der Waals surface area (Å²) < 4.78 is 4.06. The molecule has 0 saturated heterocycles. The number of nitrogens with zero attached hydrogens (tertiary/aromatic N) is 2. The predicted octanol–water partition coefficient (Wildman–Crippen LogP) is 2.22. The maximum atomic E-state index is 2.04. The molecular formula is C8H8N2S. The smallest absolute Gasteiger partial charge is 0.0389 e. The van der Waals surface area contributed by atoms with Gasteiger partial charge in [-0.15, -0.1) is 0 Å². The molecule has 2 aromatic heterocycles. The van der Waals surface area contributed by atoms with E-state index in [0.29, 0.717) is 0 Å². The largest absolute Gasteiger partial charge is 0.255 e. The molecule has 0 aliphatic carbocycles. The zero-order valence-corrected chi connectivity index (χ0v) is 6.74. The van der Waals surface area contributed by atoms with Gasteiger partial charge in [0.15, 0.2) is 0 Å². The highest BCUT2D eigenvalue weighted by molar-refractivity contribution is 7.03. The summed E-state index contributed by atoms with van der Waals surface area (Å²) in [7, 11) is 0. The minimum atomic E-state index is 1.65. The molecular weight excluding hydrogens is 156 g/mol. The lowest BCUT2D eigenvalue weighted by Gasteiger charge is -1.95. The quantitative estimate of drug-likeness (QED) is 0.564. The third-order valence-electron chi connectivity index (χ3n) is 1.39. The minimum absolute atomic E-state index is 1.65. The number of rotatable bonds is 0. The van der Waals surface area contributed by atoms with Crippen molar-refractivity contribution < 1.29 is 0 Å². The fourth-order valence-electron chi connectivity index (χ4n) is 0.890. The molecule has 0 radical (unpaired) electrons. The number of fused-ring (bicyclic) bond motifs is 1. The molecule has 0 amide bonds.